The first-order valence-corrected chi connectivity index (χ1v) is 7.90. The highest BCUT2D eigenvalue weighted by molar-refractivity contribution is 5.98. The van der Waals surface area contributed by atoms with E-state index in [0.717, 1.165) is 5.56 Å². The molecule has 26 heavy (non-hydrogen) atoms. The number of benzene rings is 1. The van der Waals surface area contributed by atoms with Crippen LogP contribution in [0.3, 0.4) is 0 Å². The van der Waals surface area contributed by atoms with Crippen LogP contribution in [0.2, 0.25) is 0 Å². The van der Waals surface area contributed by atoms with E-state index in [1.807, 2.05) is 0 Å². The summed E-state index contributed by atoms with van der Waals surface area (Å²) in [7, 11) is 1.25. The van der Waals surface area contributed by atoms with Gasteiger partial charge < -0.3 is 20.7 Å². The molecule has 0 aliphatic heterocycles. The number of ether oxygens (including phenoxy) is 1. The topological polar surface area (TPSA) is 114 Å². The number of hydrogen-bond acceptors (Lipinski definition) is 5. The summed E-state index contributed by atoms with van der Waals surface area (Å²) in [6.45, 7) is 6.19. The molecule has 0 spiro atoms. The van der Waals surface area contributed by atoms with Gasteiger partial charge in [0.2, 0.25) is 17.7 Å². The van der Waals surface area contributed by atoms with Gasteiger partial charge in [-0.25, -0.2) is 4.79 Å². The lowest BCUT2D eigenvalue weighted by molar-refractivity contribution is -0.144. The van der Waals surface area contributed by atoms with Crippen molar-refractivity contribution in [2.45, 2.75) is 26.3 Å². The molecular formula is C18H23N3O5. The van der Waals surface area contributed by atoms with E-state index in [2.05, 4.69) is 27.3 Å². The van der Waals surface area contributed by atoms with Crippen molar-refractivity contribution in [3.05, 3.63) is 42.0 Å². The van der Waals surface area contributed by atoms with Crippen LogP contribution in [0.25, 0.3) is 0 Å². The van der Waals surface area contributed by atoms with E-state index in [1.54, 1.807) is 31.2 Å². The first kappa shape index (κ1) is 20.9. The van der Waals surface area contributed by atoms with Gasteiger partial charge >= 0.3 is 5.97 Å². The molecule has 0 unspecified atom stereocenters. The summed E-state index contributed by atoms with van der Waals surface area (Å²) in [6, 6.07) is 5.99. The number of anilines is 1. The van der Waals surface area contributed by atoms with Gasteiger partial charge in [0.15, 0.2) is 0 Å². The number of amides is 3. The van der Waals surface area contributed by atoms with Crippen LogP contribution in [0.15, 0.2) is 36.4 Å². The van der Waals surface area contributed by atoms with E-state index in [9.17, 15) is 19.2 Å². The van der Waals surface area contributed by atoms with Gasteiger partial charge in [-0.15, -0.1) is 0 Å². The number of carbonyl (C=O) groups excluding carboxylic acids is 4. The van der Waals surface area contributed by atoms with Gasteiger partial charge in [0.1, 0.15) is 6.04 Å². The molecule has 0 radical (unpaired) electrons. The van der Waals surface area contributed by atoms with Gasteiger partial charge in [-0.2, -0.15) is 0 Å². The Hall–Kier alpha value is -3.16. The highest BCUT2D eigenvalue weighted by Crippen LogP contribution is 2.12. The maximum Gasteiger partial charge on any atom is 0.328 e. The Kier molecular flexibility index (Phi) is 8.01. The molecule has 1 aromatic carbocycles. The van der Waals surface area contributed by atoms with Crippen LogP contribution in [-0.2, 0) is 30.3 Å². The second-order valence-corrected chi connectivity index (χ2v) is 5.69. The number of methoxy groups -OCH3 is 1. The normalized spacial score (nSPS) is 11.0. The van der Waals surface area contributed by atoms with Crippen molar-refractivity contribution in [3.8, 4) is 0 Å². The molecule has 1 atom stereocenters. The second-order valence-electron chi connectivity index (χ2n) is 5.69. The van der Waals surface area contributed by atoms with Crippen molar-refractivity contribution in [1.29, 1.82) is 0 Å². The minimum absolute atomic E-state index is 0.166. The number of rotatable bonds is 8. The standard InChI is InChI=1S/C18H23N3O5/c1-11(2)17(24)19-10-16(23)21-14-7-5-13(6-8-14)9-15(18(25)26-4)20-12(3)22/h5-8,15H,1,9-10H2,2-4H3,(H,19,24)(H,20,22)(H,21,23)/t15-/m0/s1. The maximum atomic E-state index is 11.8. The molecule has 8 nitrogen and oxygen atoms in total. The summed E-state index contributed by atoms with van der Waals surface area (Å²) in [6.07, 6.45) is 0.259. The Morgan fingerprint density at radius 2 is 1.73 bits per heavy atom. The van der Waals surface area contributed by atoms with E-state index < -0.39 is 12.0 Å². The fraction of sp³-hybridized carbons (Fsp3) is 0.333. The second kappa shape index (κ2) is 9.97. The maximum absolute atomic E-state index is 11.8. The molecule has 0 saturated carbocycles. The van der Waals surface area contributed by atoms with Crippen LogP contribution < -0.4 is 16.0 Å². The van der Waals surface area contributed by atoms with Crippen LogP contribution in [0.4, 0.5) is 5.69 Å². The van der Waals surface area contributed by atoms with Gasteiger partial charge in [-0.05, 0) is 24.6 Å². The third-order valence-electron chi connectivity index (χ3n) is 3.34. The Balaban J connectivity index is 2.62. The van der Waals surface area contributed by atoms with Crippen molar-refractivity contribution in [2.75, 3.05) is 19.0 Å². The molecule has 0 aliphatic rings. The molecule has 0 heterocycles. The number of hydrogen-bond donors (Lipinski definition) is 3. The van der Waals surface area contributed by atoms with Crippen molar-refractivity contribution < 1.29 is 23.9 Å². The summed E-state index contributed by atoms with van der Waals surface area (Å²) < 4.78 is 4.67. The lowest BCUT2D eigenvalue weighted by Crippen LogP contribution is -2.41. The smallest absolute Gasteiger partial charge is 0.328 e. The molecule has 1 aromatic rings. The van der Waals surface area contributed by atoms with E-state index in [1.165, 1.54) is 14.0 Å². The zero-order chi connectivity index (χ0) is 19.7. The van der Waals surface area contributed by atoms with Crippen molar-refractivity contribution in [3.63, 3.8) is 0 Å². The predicted molar refractivity (Wildman–Crippen MR) is 96.2 cm³/mol. The zero-order valence-corrected chi connectivity index (χ0v) is 15.0. The molecule has 0 aromatic heterocycles. The first-order chi connectivity index (χ1) is 12.2. The fourth-order valence-corrected chi connectivity index (χ4v) is 2.06. The highest BCUT2D eigenvalue weighted by atomic mass is 16.5. The van der Waals surface area contributed by atoms with E-state index >= 15 is 0 Å². The van der Waals surface area contributed by atoms with Crippen molar-refractivity contribution in [2.24, 2.45) is 0 Å². The van der Waals surface area contributed by atoms with Crippen molar-refractivity contribution >= 4 is 29.4 Å². The third-order valence-corrected chi connectivity index (χ3v) is 3.34. The minimum atomic E-state index is -0.782. The molecule has 0 fully saturated rings. The van der Waals surface area contributed by atoms with Crippen LogP contribution in [0, 0.1) is 0 Å². The predicted octanol–water partition coefficient (Wildman–Crippen LogP) is 0.538. The Morgan fingerprint density at radius 1 is 1.12 bits per heavy atom. The Labute approximate surface area is 152 Å². The molecule has 0 saturated heterocycles. The monoisotopic (exact) mass is 361 g/mol. The molecule has 3 amide bonds. The van der Waals surface area contributed by atoms with Crippen LogP contribution in [0.5, 0.6) is 0 Å². The quantitative estimate of drug-likeness (QED) is 0.462. The van der Waals surface area contributed by atoms with Gasteiger partial charge in [0, 0.05) is 24.6 Å². The molecule has 3 N–H and O–H groups in total. The lowest BCUT2D eigenvalue weighted by Gasteiger charge is -2.15. The largest absolute Gasteiger partial charge is 0.467 e. The Morgan fingerprint density at radius 3 is 2.23 bits per heavy atom. The lowest BCUT2D eigenvalue weighted by atomic mass is 10.1. The Bertz CT molecular complexity index is 697. The van der Waals surface area contributed by atoms with Gasteiger partial charge in [-0.3, -0.25) is 14.4 Å². The SMILES string of the molecule is C=C(C)C(=O)NCC(=O)Nc1ccc(C[C@H](NC(C)=O)C(=O)OC)cc1. The molecule has 140 valence electrons. The van der Waals surface area contributed by atoms with Gasteiger partial charge in [0.25, 0.3) is 0 Å². The minimum Gasteiger partial charge on any atom is -0.467 e. The number of carbonyl (C=O) groups is 4. The zero-order valence-electron chi connectivity index (χ0n) is 15.0. The van der Waals surface area contributed by atoms with E-state index in [0.29, 0.717) is 11.3 Å². The van der Waals surface area contributed by atoms with Crippen molar-refractivity contribution in [1.82, 2.24) is 10.6 Å². The highest BCUT2D eigenvalue weighted by Gasteiger charge is 2.20. The molecule has 8 heteroatoms. The number of nitrogens with one attached hydrogen (secondary N) is 3. The van der Waals surface area contributed by atoms with E-state index in [-0.39, 0.29) is 30.7 Å². The van der Waals surface area contributed by atoms with Crippen LogP contribution in [-0.4, -0.2) is 43.4 Å². The average Bonchev–Trinajstić information content (AvgIpc) is 2.59. The fourth-order valence-electron chi connectivity index (χ4n) is 2.06. The summed E-state index contributed by atoms with van der Waals surface area (Å²) >= 11 is 0. The molecule has 0 bridgehead atoms. The van der Waals surface area contributed by atoms with Crippen LogP contribution >= 0.6 is 0 Å². The average molecular weight is 361 g/mol. The third kappa shape index (κ3) is 7.16. The molecule has 0 aliphatic carbocycles. The summed E-state index contributed by atoms with van der Waals surface area (Å²) in [5.74, 6) is -1.63. The molecular weight excluding hydrogens is 338 g/mol. The van der Waals surface area contributed by atoms with Crippen LogP contribution in [0.1, 0.15) is 19.4 Å². The van der Waals surface area contributed by atoms with Gasteiger partial charge in [0.05, 0.1) is 13.7 Å². The summed E-state index contributed by atoms with van der Waals surface area (Å²) in [5, 5.41) is 7.60. The first-order valence-electron chi connectivity index (χ1n) is 7.90. The van der Waals surface area contributed by atoms with E-state index in [4.69, 9.17) is 0 Å². The summed E-state index contributed by atoms with van der Waals surface area (Å²) in [5.41, 5.74) is 1.64. The molecule has 1 rings (SSSR count). The summed E-state index contributed by atoms with van der Waals surface area (Å²) in [4.78, 5) is 46.0. The van der Waals surface area contributed by atoms with Gasteiger partial charge in [-0.1, -0.05) is 18.7 Å². The number of esters is 1.